The molecule has 0 aliphatic carbocycles. The molecule has 2 atom stereocenters. The first-order valence-electron chi connectivity index (χ1n) is 6.75. The average molecular weight is 249 g/mol. The second-order valence-electron chi connectivity index (χ2n) is 5.21. The molecule has 0 bridgehead atoms. The van der Waals surface area contributed by atoms with Gasteiger partial charge in [0.2, 0.25) is 0 Å². The Labute approximate surface area is 109 Å². The molecule has 2 heterocycles. The van der Waals surface area contributed by atoms with Crippen molar-refractivity contribution in [3.05, 3.63) is 11.9 Å². The molecule has 0 spiro atoms. The van der Waals surface area contributed by atoms with Gasteiger partial charge in [-0.3, -0.25) is 0 Å². The Bertz CT molecular complexity index is 384. The van der Waals surface area contributed by atoms with E-state index in [4.69, 9.17) is 5.84 Å². The Balaban J connectivity index is 2.30. The summed E-state index contributed by atoms with van der Waals surface area (Å²) in [5.41, 5.74) is 2.63. The lowest BCUT2D eigenvalue weighted by Gasteiger charge is -2.37. The lowest BCUT2D eigenvalue weighted by atomic mass is 9.95. The normalized spacial score (nSPS) is 24.1. The third-order valence-electron chi connectivity index (χ3n) is 3.63. The van der Waals surface area contributed by atoms with E-state index in [0.29, 0.717) is 11.9 Å². The fourth-order valence-corrected chi connectivity index (χ4v) is 2.47. The molecular weight excluding hydrogens is 226 g/mol. The van der Waals surface area contributed by atoms with Crippen LogP contribution in [0.1, 0.15) is 39.4 Å². The van der Waals surface area contributed by atoms with Gasteiger partial charge in [0.15, 0.2) is 0 Å². The highest BCUT2D eigenvalue weighted by atomic mass is 15.3. The van der Waals surface area contributed by atoms with Gasteiger partial charge in [-0.15, -0.1) is 0 Å². The second-order valence-corrected chi connectivity index (χ2v) is 5.21. The van der Waals surface area contributed by atoms with Gasteiger partial charge in [0.1, 0.15) is 17.5 Å². The highest BCUT2D eigenvalue weighted by Gasteiger charge is 2.24. The number of rotatable bonds is 3. The molecule has 0 saturated carbocycles. The molecule has 2 unspecified atom stereocenters. The monoisotopic (exact) mass is 249 g/mol. The van der Waals surface area contributed by atoms with Crippen LogP contribution in [0.25, 0.3) is 0 Å². The predicted octanol–water partition coefficient (Wildman–Crippen LogP) is 1.95. The number of hydrazine groups is 1. The number of aryl methyl sites for hydroxylation is 1. The van der Waals surface area contributed by atoms with E-state index in [-0.39, 0.29) is 0 Å². The van der Waals surface area contributed by atoms with Crippen molar-refractivity contribution >= 4 is 11.6 Å². The van der Waals surface area contributed by atoms with E-state index in [1.54, 1.807) is 0 Å². The third-order valence-corrected chi connectivity index (χ3v) is 3.63. The van der Waals surface area contributed by atoms with Crippen LogP contribution >= 0.6 is 0 Å². The molecule has 18 heavy (non-hydrogen) atoms. The van der Waals surface area contributed by atoms with E-state index in [0.717, 1.165) is 30.5 Å². The van der Waals surface area contributed by atoms with Crippen LogP contribution in [0.2, 0.25) is 0 Å². The number of nitrogens with two attached hydrogens (primary N) is 1. The molecule has 1 aromatic rings. The maximum absolute atomic E-state index is 5.47. The van der Waals surface area contributed by atoms with Gasteiger partial charge in [-0.1, -0.05) is 13.8 Å². The summed E-state index contributed by atoms with van der Waals surface area (Å²) >= 11 is 0. The zero-order chi connectivity index (χ0) is 13.1. The van der Waals surface area contributed by atoms with Gasteiger partial charge in [0.05, 0.1) is 0 Å². The highest BCUT2D eigenvalue weighted by Crippen LogP contribution is 2.27. The van der Waals surface area contributed by atoms with E-state index in [1.807, 2.05) is 6.07 Å². The Morgan fingerprint density at radius 3 is 2.83 bits per heavy atom. The minimum absolute atomic E-state index is 0.534. The molecule has 5 heteroatoms. The molecule has 1 aliphatic rings. The first-order chi connectivity index (χ1) is 8.63. The summed E-state index contributed by atoms with van der Waals surface area (Å²) in [6.45, 7) is 7.67. The number of nitrogens with zero attached hydrogens (tertiary/aromatic N) is 3. The van der Waals surface area contributed by atoms with Crippen molar-refractivity contribution in [3.63, 3.8) is 0 Å². The maximum Gasteiger partial charge on any atom is 0.145 e. The van der Waals surface area contributed by atoms with E-state index in [2.05, 4.69) is 41.1 Å². The zero-order valence-corrected chi connectivity index (χ0v) is 11.5. The van der Waals surface area contributed by atoms with Gasteiger partial charge in [-0.25, -0.2) is 15.8 Å². The second kappa shape index (κ2) is 5.52. The van der Waals surface area contributed by atoms with Crippen molar-refractivity contribution in [2.45, 2.75) is 46.1 Å². The van der Waals surface area contributed by atoms with Crippen molar-refractivity contribution < 1.29 is 0 Å². The number of piperidine rings is 1. The lowest BCUT2D eigenvalue weighted by molar-refractivity contribution is 0.388. The van der Waals surface area contributed by atoms with Crippen LogP contribution in [0.5, 0.6) is 0 Å². The van der Waals surface area contributed by atoms with Crippen LogP contribution in [0.3, 0.4) is 0 Å². The summed E-state index contributed by atoms with van der Waals surface area (Å²) in [6.07, 6.45) is 3.34. The first-order valence-corrected chi connectivity index (χ1v) is 6.75. The van der Waals surface area contributed by atoms with Crippen LogP contribution in [-0.4, -0.2) is 22.6 Å². The SMILES string of the molecule is CCc1nc(NN)cc(N2CC(C)CCC2C)n1. The summed E-state index contributed by atoms with van der Waals surface area (Å²) in [5.74, 6) is 8.72. The highest BCUT2D eigenvalue weighted by molar-refractivity contribution is 5.49. The topological polar surface area (TPSA) is 67.1 Å². The molecule has 0 aromatic carbocycles. The number of hydrogen-bond donors (Lipinski definition) is 2. The van der Waals surface area contributed by atoms with Gasteiger partial charge < -0.3 is 10.3 Å². The molecule has 3 N–H and O–H groups in total. The van der Waals surface area contributed by atoms with Crippen LogP contribution in [0, 0.1) is 5.92 Å². The molecule has 0 amide bonds. The maximum atomic E-state index is 5.47. The molecule has 0 radical (unpaired) electrons. The van der Waals surface area contributed by atoms with Gasteiger partial charge in [-0.05, 0) is 25.7 Å². The van der Waals surface area contributed by atoms with E-state index in [1.165, 1.54) is 12.8 Å². The molecule has 100 valence electrons. The summed E-state index contributed by atoms with van der Waals surface area (Å²) in [4.78, 5) is 11.3. The van der Waals surface area contributed by atoms with Crippen LogP contribution in [0.4, 0.5) is 11.6 Å². The van der Waals surface area contributed by atoms with Gasteiger partial charge in [0, 0.05) is 25.1 Å². The average Bonchev–Trinajstić information content (AvgIpc) is 2.40. The van der Waals surface area contributed by atoms with Crippen LogP contribution < -0.4 is 16.2 Å². The molecular formula is C13H23N5. The summed E-state index contributed by atoms with van der Waals surface area (Å²) in [6, 6.07) is 2.47. The smallest absolute Gasteiger partial charge is 0.145 e. The van der Waals surface area contributed by atoms with E-state index >= 15 is 0 Å². The molecule has 1 saturated heterocycles. The number of nitrogen functional groups attached to an aromatic ring is 1. The molecule has 1 aromatic heterocycles. The van der Waals surface area contributed by atoms with Gasteiger partial charge in [-0.2, -0.15) is 0 Å². The predicted molar refractivity (Wildman–Crippen MR) is 74.4 cm³/mol. The number of hydrogen-bond acceptors (Lipinski definition) is 5. The summed E-state index contributed by atoms with van der Waals surface area (Å²) in [7, 11) is 0. The van der Waals surface area contributed by atoms with Gasteiger partial charge >= 0.3 is 0 Å². The van der Waals surface area contributed by atoms with Gasteiger partial charge in [0.25, 0.3) is 0 Å². The van der Waals surface area contributed by atoms with Crippen molar-refractivity contribution in [3.8, 4) is 0 Å². The minimum Gasteiger partial charge on any atom is -0.353 e. The number of nitrogens with one attached hydrogen (secondary N) is 1. The number of anilines is 2. The molecule has 1 fully saturated rings. The van der Waals surface area contributed by atoms with Crippen molar-refractivity contribution in [1.82, 2.24) is 9.97 Å². The molecule has 1 aliphatic heterocycles. The van der Waals surface area contributed by atoms with Crippen molar-refractivity contribution in [1.29, 1.82) is 0 Å². The zero-order valence-electron chi connectivity index (χ0n) is 11.5. The Kier molecular flexibility index (Phi) is 4.01. The van der Waals surface area contributed by atoms with Crippen molar-refractivity contribution in [2.24, 2.45) is 11.8 Å². The Morgan fingerprint density at radius 2 is 2.17 bits per heavy atom. The molecule has 5 nitrogen and oxygen atoms in total. The van der Waals surface area contributed by atoms with Crippen LogP contribution in [-0.2, 0) is 6.42 Å². The Morgan fingerprint density at radius 1 is 1.39 bits per heavy atom. The Hall–Kier alpha value is -1.36. The summed E-state index contributed by atoms with van der Waals surface area (Å²) < 4.78 is 0. The minimum atomic E-state index is 0.534. The third kappa shape index (κ3) is 2.72. The summed E-state index contributed by atoms with van der Waals surface area (Å²) in [5, 5.41) is 0. The van der Waals surface area contributed by atoms with Crippen LogP contribution in [0.15, 0.2) is 6.07 Å². The standard InChI is InChI=1S/C13H23N5/c1-4-11-15-12(17-14)7-13(16-11)18-8-9(2)5-6-10(18)3/h7,9-10H,4-6,8,14H2,1-3H3,(H,15,16,17). The first kappa shape index (κ1) is 13.1. The fourth-order valence-electron chi connectivity index (χ4n) is 2.47. The number of aromatic nitrogens is 2. The van der Waals surface area contributed by atoms with Crippen molar-refractivity contribution in [2.75, 3.05) is 16.9 Å². The lowest BCUT2D eigenvalue weighted by Crippen LogP contribution is -2.41. The largest absolute Gasteiger partial charge is 0.353 e. The molecule has 2 rings (SSSR count). The fraction of sp³-hybridized carbons (Fsp3) is 0.692. The van der Waals surface area contributed by atoms with E-state index < -0.39 is 0 Å². The van der Waals surface area contributed by atoms with E-state index in [9.17, 15) is 0 Å². The quantitative estimate of drug-likeness (QED) is 0.633.